The van der Waals surface area contributed by atoms with Gasteiger partial charge < -0.3 is 5.32 Å². The Labute approximate surface area is 127 Å². The number of halogens is 1. The zero-order valence-electron chi connectivity index (χ0n) is 11.2. The Morgan fingerprint density at radius 3 is 2.62 bits per heavy atom. The summed E-state index contributed by atoms with van der Waals surface area (Å²) in [5.41, 5.74) is 3.17. The molecule has 1 heterocycles. The number of hydrogen-bond acceptors (Lipinski definition) is 2. The highest BCUT2D eigenvalue weighted by molar-refractivity contribution is 6.17. The number of benzene rings is 2. The largest absolute Gasteiger partial charge is 0.321 e. The number of hydrogen-bond donors (Lipinski definition) is 1. The Morgan fingerprint density at radius 1 is 1.10 bits per heavy atom. The van der Waals surface area contributed by atoms with Crippen molar-refractivity contribution in [1.29, 1.82) is 0 Å². The van der Waals surface area contributed by atoms with Crippen LogP contribution in [-0.4, -0.2) is 10.9 Å². The first-order valence-corrected chi connectivity index (χ1v) is 7.11. The number of carbonyl (C=O) groups is 1. The van der Waals surface area contributed by atoms with Crippen LogP contribution in [0, 0.1) is 0 Å². The maximum atomic E-state index is 12.2. The van der Waals surface area contributed by atoms with Crippen molar-refractivity contribution in [2.75, 3.05) is 5.32 Å². The molecule has 0 fully saturated rings. The molecule has 0 saturated carbocycles. The maximum Gasteiger partial charge on any atom is 0.255 e. The molecule has 3 nitrogen and oxygen atoms in total. The second-order valence-electron chi connectivity index (χ2n) is 4.70. The lowest BCUT2D eigenvalue weighted by atomic mass is 10.1. The minimum absolute atomic E-state index is 0.159. The molecule has 0 atom stereocenters. The number of nitrogens with one attached hydrogen (secondary N) is 1. The molecule has 3 rings (SSSR count). The van der Waals surface area contributed by atoms with E-state index >= 15 is 0 Å². The molecule has 0 saturated heterocycles. The van der Waals surface area contributed by atoms with Gasteiger partial charge in [0.25, 0.3) is 5.91 Å². The number of aromatic nitrogens is 1. The first-order valence-electron chi connectivity index (χ1n) is 6.57. The third-order valence-corrected chi connectivity index (χ3v) is 3.53. The van der Waals surface area contributed by atoms with Crippen LogP contribution in [0.15, 0.2) is 60.8 Å². The van der Waals surface area contributed by atoms with Crippen LogP contribution in [0.5, 0.6) is 0 Å². The number of fused-ring (bicyclic) bond motifs is 1. The Balaban J connectivity index is 1.81. The summed E-state index contributed by atoms with van der Waals surface area (Å²) in [4.78, 5) is 16.5. The van der Waals surface area contributed by atoms with Crippen molar-refractivity contribution in [3.8, 4) is 0 Å². The summed E-state index contributed by atoms with van der Waals surface area (Å²) in [5.74, 6) is 0.282. The molecule has 0 radical (unpaired) electrons. The van der Waals surface area contributed by atoms with Crippen LogP contribution in [0.1, 0.15) is 15.9 Å². The van der Waals surface area contributed by atoms with Gasteiger partial charge in [-0.3, -0.25) is 9.78 Å². The molecule has 0 bridgehead atoms. The van der Waals surface area contributed by atoms with E-state index in [9.17, 15) is 4.79 Å². The van der Waals surface area contributed by atoms with Crippen LogP contribution >= 0.6 is 11.6 Å². The lowest BCUT2D eigenvalue weighted by Gasteiger charge is -2.06. The zero-order valence-corrected chi connectivity index (χ0v) is 12.0. The van der Waals surface area contributed by atoms with Gasteiger partial charge >= 0.3 is 0 Å². The quantitative estimate of drug-likeness (QED) is 0.735. The highest BCUT2D eigenvalue weighted by Gasteiger charge is 2.06. The van der Waals surface area contributed by atoms with Crippen LogP contribution in [0.2, 0.25) is 0 Å². The molecule has 1 amide bonds. The van der Waals surface area contributed by atoms with Crippen LogP contribution in [0.4, 0.5) is 5.69 Å². The molecule has 21 heavy (non-hydrogen) atoms. The third-order valence-electron chi connectivity index (χ3n) is 3.22. The van der Waals surface area contributed by atoms with Gasteiger partial charge in [0.2, 0.25) is 0 Å². The molecule has 0 aliphatic rings. The monoisotopic (exact) mass is 296 g/mol. The fraction of sp³-hybridized carbons (Fsp3) is 0.0588. The van der Waals surface area contributed by atoms with Crippen LogP contribution in [-0.2, 0) is 5.88 Å². The number of rotatable bonds is 3. The van der Waals surface area contributed by atoms with Gasteiger partial charge in [-0.05, 0) is 29.8 Å². The Morgan fingerprint density at radius 2 is 1.86 bits per heavy atom. The highest BCUT2D eigenvalue weighted by atomic mass is 35.5. The zero-order chi connectivity index (χ0) is 14.7. The summed E-state index contributed by atoms with van der Waals surface area (Å²) in [6.07, 6.45) is 1.66. The van der Waals surface area contributed by atoms with E-state index in [1.807, 2.05) is 42.5 Å². The van der Waals surface area contributed by atoms with Crippen LogP contribution < -0.4 is 5.32 Å². The molecule has 2 aromatic carbocycles. The molecule has 1 aromatic heterocycles. The SMILES string of the molecule is O=C(Nc1cnc2ccccc2c1)c1ccc(CCl)cc1. The first-order chi connectivity index (χ1) is 10.3. The number of anilines is 1. The Kier molecular flexibility index (Phi) is 3.84. The van der Waals surface area contributed by atoms with Gasteiger partial charge in [0.15, 0.2) is 0 Å². The van der Waals surface area contributed by atoms with E-state index in [0.29, 0.717) is 17.1 Å². The number of amides is 1. The summed E-state index contributed by atoms with van der Waals surface area (Å²) in [6.45, 7) is 0. The van der Waals surface area contributed by atoms with Crippen molar-refractivity contribution in [1.82, 2.24) is 4.98 Å². The number of para-hydroxylation sites is 1. The number of alkyl halides is 1. The van der Waals surface area contributed by atoms with Gasteiger partial charge in [-0.15, -0.1) is 11.6 Å². The van der Waals surface area contributed by atoms with E-state index < -0.39 is 0 Å². The fourth-order valence-electron chi connectivity index (χ4n) is 2.09. The molecular formula is C17H13ClN2O. The molecular weight excluding hydrogens is 284 g/mol. The summed E-state index contributed by atoms with van der Waals surface area (Å²) in [5, 5.41) is 3.85. The van der Waals surface area contributed by atoms with Crippen molar-refractivity contribution in [3.05, 3.63) is 71.9 Å². The minimum atomic E-state index is -0.159. The van der Waals surface area contributed by atoms with Crippen molar-refractivity contribution < 1.29 is 4.79 Å². The average molecular weight is 297 g/mol. The number of nitrogens with zero attached hydrogens (tertiary/aromatic N) is 1. The molecule has 1 N–H and O–H groups in total. The van der Waals surface area contributed by atoms with Crippen molar-refractivity contribution in [2.24, 2.45) is 0 Å². The highest BCUT2D eigenvalue weighted by Crippen LogP contribution is 2.17. The second kappa shape index (κ2) is 5.94. The van der Waals surface area contributed by atoms with Crippen LogP contribution in [0.25, 0.3) is 10.9 Å². The van der Waals surface area contributed by atoms with E-state index in [4.69, 9.17) is 11.6 Å². The Hall–Kier alpha value is -2.39. The summed E-state index contributed by atoms with van der Waals surface area (Å²) in [6, 6.07) is 16.9. The van der Waals surface area contributed by atoms with Gasteiger partial charge in [-0.25, -0.2) is 0 Å². The standard InChI is InChI=1S/C17H13ClN2O/c18-10-12-5-7-13(8-6-12)17(21)20-15-9-14-3-1-2-4-16(14)19-11-15/h1-9,11H,10H2,(H,20,21). The maximum absolute atomic E-state index is 12.2. The van der Waals surface area contributed by atoms with Gasteiger partial charge in [0, 0.05) is 16.8 Å². The average Bonchev–Trinajstić information content (AvgIpc) is 2.55. The molecule has 3 aromatic rings. The lowest BCUT2D eigenvalue weighted by molar-refractivity contribution is 0.102. The predicted octanol–water partition coefficient (Wildman–Crippen LogP) is 4.23. The molecule has 104 valence electrons. The van der Waals surface area contributed by atoms with E-state index in [-0.39, 0.29) is 5.91 Å². The lowest BCUT2D eigenvalue weighted by Crippen LogP contribution is -2.12. The van der Waals surface area contributed by atoms with Gasteiger partial charge in [0.05, 0.1) is 17.4 Å². The Bertz CT molecular complexity index is 784. The summed E-state index contributed by atoms with van der Waals surface area (Å²) < 4.78 is 0. The smallest absolute Gasteiger partial charge is 0.255 e. The molecule has 0 aliphatic carbocycles. The van der Waals surface area contributed by atoms with Gasteiger partial charge in [-0.2, -0.15) is 0 Å². The van der Waals surface area contributed by atoms with Gasteiger partial charge in [0.1, 0.15) is 0 Å². The number of carbonyl (C=O) groups excluding carboxylic acids is 1. The molecule has 0 aliphatic heterocycles. The van der Waals surface area contributed by atoms with E-state index in [1.165, 1.54) is 0 Å². The fourth-order valence-corrected chi connectivity index (χ4v) is 2.27. The third kappa shape index (κ3) is 3.03. The molecule has 4 heteroatoms. The van der Waals surface area contributed by atoms with E-state index in [2.05, 4.69) is 10.3 Å². The van der Waals surface area contributed by atoms with E-state index in [0.717, 1.165) is 16.5 Å². The first kappa shape index (κ1) is 13.6. The second-order valence-corrected chi connectivity index (χ2v) is 4.97. The summed E-state index contributed by atoms with van der Waals surface area (Å²) >= 11 is 5.74. The molecule has 0 unspecified atom stereocenters. The molecule has 0 spiro atoms. The van der Waals surface area contributed by atoms with Crippen molar-refractivity contribution in [2.45, 2.75) is 5.88 Å². The predicted molar refractivity (Wildman–Crippen MR) is 85.7 cm³/mol. The van der Waals surface area contributed by atoms with Gasteiger partial charge in [-0.1, -0.05) is 30.3 Å². The van der Waals surface area contributed by atoms with Crippen LogP contribution in [0.3, 0.4) is 0 Å². The number of pyridine rings is 1. The minimum Gasteiger partial charge on any atom is -0.321 e. The van der Waals surface area contributed by atoms with Crippen molar-refractivity contribution >= 4 is 34.1 Å². The van der Waals surface area contributed by atoms with Crippen molar-refractivity contribution in [3.63, 3.8) is 0 Å². The van der Waals surface area contributed by atoms with E-state index in [1.54, 1.807) is 18.3 Å². The normalized spacial score (nSPS) is 10.5. The summed E-state index contributed by atoms with van der Waals surface area (Å²) in [7, 11) is 0. The topological polar surface area (TPSA) is 42.0 Å².